The van der Waals surface area contributed by atoms with Crippen molar-refractivity contribution in [2.24, 2.45) is 5.73 Å². The van der Waals surface area contributed by atoms with Gasteiger partial charge < -0.3 is 15.4 Å². The van der Waals surface area contributed by atoms with E-state index in [1.807, 2.05) is 12.3 Å². The van der Waals surface area contributed by atoms with Crippen LogP contribution in [0.3, 0.4) is 0 Å². The minimum Gasteiger partial charge on any atom is -0.377 e. The first-order chi connectivity index (χ1) is 8.04. The third kappa shape index (κ3) is 2.61. The molecule has 1 aliphatic heterocycles. The second kappa shape index (κ2) is 4.92. The Morgan fingerprint density at radius 3 is 3.00 bits per heavy atom. The first kappa shape index (κ1) is 12.8. The molecule has 1 saturated heterocycles. The number of hydrogen-bond donors (Lipinski definition) is 1. The number of rotatable bonds is 2. The van der Waals surface area contributed by atoms with Crippen molar-refractivity contribution in [3.8, 4) is 0 Å². The number of anilines is 1. The topological polar surface area (TPSA) is 51.4 Å². The van der Waals surface area contributed by atoms with E-state index >= 15 is 0 Å². The summed E-state index contributed by atoms with van der Waals surface area (Å²) in [5, 5.41) is 0. The first-order valence-corrected chi connectivity index (χ1v) is 6.54. The van der Waals surface area contributed by atoms with Gasteiger partial charge in [0.05, 0.1) is 18.8 Å². The molecule has 1 aliphatic rings. The van der Waals surface area contributed by atoms with Crippen molar-refractivity contribution in [3.05, 3.63) is 22.3 Å². The van der Waals surface area contributed by atoms with Crippen LogP contribution in [0.5, 0.6) is 0 Å². The number of nitrogens with zero attached hydrogens (tertiary/aromatic N) is 2. The fraction of sp³-hybridized carbons (Fsp3) is 0.583. The van der Waals surface area contributed by atoms with E-state index in [0.717, 1.165) is 35.6 Å². The second-order valence-electron chi connectivity index (χ2n) is 4.86. The number of pyridine rings is 1. The van der Waals surface area contributed by atoms with Gasteiger partial charge in [-0.3, -0.25) is 0 Å². The highest BCUT2D eigenvalue weighted by Crippen LogP contribution is 2.29. The van der Waals surface area contributed by atoms with Crippen molar-refractivity contribution < 1.29 is 4.74 Å². The number of aromatic nitrogens is 1. The summed E-state index contributed by atoms with van der Waals surface area (Å²) in [5.41, 5.74) is 6.82. The van der Waals surface area contributed by atoms with Crippen LogP contribution < -0.4 is 10.6 Å². The van der Waals surface area contributed by atoms with Crippen molar-refractivity contribution in [2.75, 3.05) is 24.7 Å². The van der Waals surface area contributed by atoms with Gasteiger partial charge in [0.1, 0.15) is 5.82 Å². The average Bonchev–Trinajstić information content (AvgIpc) is 2.29. The molecule has 0 unspecified atom stereocenters. The smallest absolute Gasteiger partial charge is 0.133 e. The maximum absolute atomic E-state index is 5.80. The Morgan fingerprint density at radius 2 is 2.35 bits per heavy atom. The van der Waals surface area contributed by atoms with E-state index in [9.17, 15) is 0 Å². The summed E-state index contributed by atoms with van der Waals surface area (Å²) in [6.07, 6.45) is 1.82. The predicted octanol–water partition coefficient (Wildman–Crippen LogP) is 1.92. The number of hydrogen-bond acceptors (Lipinski definition) is 4. The molecule has 0 aliphatic carbocycles. The third-order valence-corrected chi connectivity index (χ3v) is 3.46. The summed E-state index contributed by atoms with van der Waals surface area (Å²) in [4.78, 5) is 6.79. The van der Waals surface area contributed by atoms with Crippen LogP contribution in [0.15, 0.2) is 16.7 Å². The molecule has 4 nitrogen and oxygen atoms in total. The Hall–Kier alpha value is -0.650. The summed E-state index contributed by atoms with van der Waals surface area (Å²) in [6.45, 7) is 7.14. The summed E-state index contributed by atoms with van der Waals surface area (Å²) in [6, 6.07) is 2.04. The van der Waals surface area contributed by atoms with Crippen LogP contribution in [0, 0.1) is 0 Å². The molecule has 94 valence electrons. The molecule has 1 fully saturated rings. The molecule has 0 saturated carbocycles. The lowest BCUT2D eigenvalue weighted by atomic mass is 10.0. The van der Waals surface area contributed by atoms with Crippen molar-refractivity contribution in [2.45, 2.75) is 25.9 Å². The van der Waals surface area contributed by atoms with Crippen LogP contribution in [0.4, 0.5) is 5.82 Å². The Balaban J connectivity index is 2.38. The molecule has 0 aromatic carbocycles. The molecule has 2 heterocycles. The van der Waals surface area contributed by atoms with Gasteiger partial charge in [-0.15, -0.1) is 0 Å². The maximum Gasteiger partial charge on any atom is 0.133 e. The van der Waals surface area contributed by atoms with Gasteiger partial charge in [-0.1, -0.05) is 0 Å². The fourth-order valence-corrected chi connectivity index (χ4v) is 2.50. The highest BCUT2D eigenvalue weighted by Gasteiger charge is 2.32. The SMILES string of the molecule is CC1(C)COCCN1c1ncc(Br)cc1CN. The van der Waals surface area contributed by atoms with Gasteiger partial charge in [0, 0.05) is 29.3 Å². The van der Waals surface area contributed by atoms with E-state index in [1.54, 1.807) is 0 Å². The molecule has 0 amide bonds. The molecule has 17 heavy (non-hydrogen) atoms. The lowest BCUT2D eigenvalue weighted by Gasteiger charge is -2.43. The predicted molar refractivity (Wildman–Crippen MR) is 72.1 cm³/mol. The van der Waals surface area contributed by atoms with Gasteiger partial charge in [0.25, 0.3) is 0 Å². The summed E-state index contributed by atoms with van der Waals surface area (Å²) < 4.78 is 6.49. The Bertz CT molecular complexity index is 409. The number of ether oxygens (including phenoxy) is 1. The zero-order chi connectivity index (χ0) is 12.5. The molecule has 0 bridgehead atoms. The van der Waals surface area contributed by atoms with Crippen molar-refractivity contribution in [1.82, 2.24) is 4.98 Å². The molecule has 1 aromatic heterocycles. The largest absolute Gasteiger partial charge is 0.377 e. The van der Waals surface area contributed by atoms with E-state index in [2.05, 4.69) is 39.7 Å². The molecule has 5 heteroatoms. The molecule has 0 radical (unpaired) electrons. The lowest BCUT2D eigenvalue weighted by molar-refractivity contribution is 0.0638. The molecule has 0 spiro atoms. The van der Waals surface area contributed by atoms with Crippen LogP contribution in [-0.2, 0) is 11.3 Å². The first-order valence-electron chi connectivity index (χ1n) is 5.74. The van der Waals surface area contributed by atoms with Crippen LogP contribution in [-0.4, -0.2) is 30.3 Å². The van der Waals surface area contributed by atoms with Gasteiger partial charge in [0.2, 0.25) is 0 Å². The number of morpholine rings is 1. The number of halogens is 1. The highest BCUT2D eigenvalue weighted by molar-refractivity contribution is 9.10. The molecular formula is C12H18BrN3O. The number of nitrogens with two attached hydrogens (primary N) is 1. The Labute approximate surface area is 110 Å². The van der Waals surface area contributed by atoms with Gasteiger partial charge in [0.15, 0.2) is 0 Å². The molecule has 2 N–H and O–H groups in total. The van der Waals surface area contributed by atoms with E-state index < -0.39 is 0 Å². The quantitative estimate of drug-likeness (QED) is 0.906. The van der Waals surface area contributed by atoms with Crippen LogP contribution in [0.2, 0.25) is 0 Å². The Morgan fingerprint density at radius 1 is 1.59 bits per heavy atom. The summed E-state index contributed by atoms with van der Waals surface area (Å²) >= 11 is 3.43. The van der Waals surface area contributed by atoms with Gasteiger partial charge in [-0.2, -0.15) is 0 Å². The average molecular weight is 300 g/mol. The molecule has 2 rings (SSSR count). The third-order valence-electron chi connectivity index (χ3n) is 3.03. The van der Waals surface area contributed by atoms with Crippen LogP contribution in [0.1, 0.15) is 19.4 Å². The van der Waals surface area contributed by atoms with Gasteiger partial charge in [-0.05, 0) is 35.8 Å². The molecule has 0 atom stereocenters. The summed E-state index contributed by atoms with van der Waals surface area (Å²) in [5.74, 6) is 0.976. The van der Waals surface area contributed by atoms with Crippen LogP contribution >= 0.6 is 15.9 Å². The normalized spacial score (nSPS) is 19.4. The maximum atomic E-state index is 5.80. The fourth-order valence-electron chi connectivity index (χ4n) is 2.12. The van der Waals surface area contributed by atoms with Crippen molar-refractivity contribution >= 4 is 21.7 Å². The molecular weight excluding hydrogens is 282 g/mol. The van der Waals surface area contributed by atoms with Crippen molar-refractivity contribution in [1.29, 1.82) is 0 Å². The van der Waals surface area contributed by atoms with E-state index in [-0.39, 0.29) is 5.54 Å². The van der Waals surface area contributed by atoms with Gasteiger partial charge >= 0.3 is 0 Å². The second-order valence-corrected chi connectivity index (χ2v) is 5.77. The minimum absolute atomic E-state index is 0.0387. The molecule has 1 aromatic rings. The standard InChI is InChI=1S/C12H18BrN3O/c1-12(2)8-17-4-3-16(12)11-9(6-14)5-10(13)7-15-11/h5,7H,3-4,6,8,14H2,1-2H3. The van der Waals surface area contributed by atoms with E-state index in [1.165, 1.54) is 0 Å². The van der Waals surface area contributed by atoms with Crippen molar-refractivity contribution in [3.63, 3.8) is 0 Å². The Kier molecular flexibility index (Phi) is 3.70. The van der Waals surface area contributed by atoms with Crippen LogP contribution in [0.25, 0.3) is 0 Å². The van der Waals surface area contributed by atoms with E-state index in [0.29, 0.717) is 6.54 Å². The highest BCUT2D eigenvalue weighted by atomic mass is 79.9. The monoisotopic (exact) mass is 299 g/mol. The van der Waals surface area contributed by atoms with Gasteiger partial charge in [-0.25, -0.2) is 4.98 Å². The lowest BCUT2D eigenvalue weighted by Crippen LogP contribution is -2.53. The van der Waals surface area contributed by atoms with E-state index in [4.69, 9.17) is 10.5 Å². The minimum atomic E-state index is -0.0387. The summed E-state index contributed by atoms with van der Waals surface area (Å²) in [7, 11) is 0. The zero-order valence-corrected chi connectivity index (χ0v) is 11.8. The zero-order valence-electron chi connectivity index (χ0n) is 10.2.